The molecule has 0 spiro atoms. The lowest BCUT2D eigenvalue weighted by Gasteiger charge is -1.98. The first-order valence-corrected chi connectivity index (χ1v) is 8.83. The van der Waals surface area contributed by atoms with Gasteiger partial charge in [-0.15, -0.1) is 11.3 Å². The molecular formula is C18H26O3S. The smallest absolute Gasteiger partial charge is 0.305 e. The van der Waals surface area contributed by atoms with E-state index < -0.39 is 0 Å². The Hall–Kier alpha value is -1.42. The van der Waals surface area contributed by atoms with Crippen LogP contribution in [0, 0.1) is 0 Å². The molecule has 22 heavy (non-hydrogen) atoms. The Labute approximate surface area is 137 Å². The number of rotatable bonds is 11. The van der Waals surface area contributed by atoms with Crippen molar-refractivity contribution in [1.29, 1.82) is 0 Å². The standard InChI is InChI=1S/C18H26O3S/c1-3-4-5-8-15(19)11-12-17-14-13-16(22-17)9-6-7-10-18(20)21-2/h11-14H,3-10H2,1-2H3/b12-11+. The van der Waals surface area contributed by atoms with Crippen LogP contribution in [0.3, 0.4) is 0 Å². The SMILES string of the molecule is CCCCCC(=O)/C=C/c1ccc(CCCCC(=O)OC)s1. The largest absolute Gasteiger partial charge is 0.469 e. The normalized spacial score (nSPS) is 11.0. The summed E-state index contributed by atoms with van der Waals surface area (Å²) in [5, 5.41) is 0. The molecule has 0 amide bonds. The van der Waals surface area contributed by atoms with Gasteiger partial charge in [-0.2, -0.15) is 0 Å². The fourth-order valence-corrected chi connectivity index (χ4v) is 3.05. The van der Waals surface area contributed by atoms with Gasteiger partial charge in [0, 0.05) is 22.6 Å². The van der Waals surface area contributed by atoms with Crippen LogP contribution in [0.15, 0.2) is 18.2 Å². The fourth-order valence-electron chi connectivity index (χ4n) is 2.10. The van der Waals surface area contributed by atoms with E-state index in [-0.39, 0.29) is 11.8 Å². The highest BCUT2D eigenvalue weighted by Gasteiger charge is 2.02. The number of aryl methyl sites for hydroxylation is 1. The van der Waals surface area contributed by atoms with Gasteiger partial charge in [0.1, 0.15) is 0 Å². The molecule has 122 valence electrons. The molecule has 0 atom stereocenters. The highest BCUT2D eigenvalue weighted by Crippen LogP contribution is 2.20. The number of carbonyl (C=O) groups excluding carboxylic acids is 2. The summed E-state index contributed by atoms with van der Waals surface area (Å²) in [5.41, 5.74) is 0. The summed E-state index contributed by atoms with van der Waals surface area (Å²) in [4.78, 5) is 25.1. The minimum absolute atomic E-state index is 0.142. The van der Waals surface area contributed by atoms with Crippen LogP contribution in [0.1, 0.15) is 61.6 Å². The third-order valence-electron chi connectivity index (χ3n) is 3.42. The lowest BCUT2D eigenvalue weighted by atomic mass is 10.1. The fraction of sp³-hybridized carbons (Fsp3) is 0.556. The van der Waals surface area contributed by atoms with Crippen LogP contribution < -0.4 is 0 Å². The number of esters is 1. The molecule has 0 aliphatic rings. The maximum absolute atomic E-state index is 11.7. The summed E-state index contributed by atoms with van der Waals surface area (Å²) >= 11 is 1.71. The van der Waals surface area contributed by atoms with E-state index in [4.69, 9.17) is 0 Å². The molecule has 0 radical (unpaired) electrons. The molecule has 4 heteroatoms. The van der Waals surface area contributed by atoms with Crippen molar-refractivity contribution in [3.05, 3.63) is 28.0 Å². The predicted molar refractivity (Wildman–Crippen MR) is 92.1 cm³/mol. The van der Waals surface area contributed by atoms with E-state index in [0.717, 1.165) is 43.4 Å². The maximum atomic E-state index is 11.7. The third kappa shape index (κ3) is 8.13. The summed E-state index contributed by atoms with van der Waals surface area (Å²) in [7, 11) is 1.42. The molecule has 0 saturated carbocycles. The van der Waals surface area contributed by atoms with Crippen LogP contribution in [0.2, 0.25) is 0 Å². The van der Waals surface area contributed by atoms with Gasteiger partial charge < -0.3 is 4.74 Å². The zero-order valence-electron chi connectivity index (χ0n) is 13.6. The molecule has 0 fully saturated rings. The number of allylic oxidation sites excluding steroid dienone is 1. The molecule has 0 N–H and O–H groups in total. The van der Waals surface area contributed by atoms with Crippen LogP contribution in [0.25, 0.3) is 6.08 Å². The Morgan fingerprint density at radius 1 is 1.14 bits per heavy atom. The first-order chi connectivity index (χ1) is 10.7. The first-order valence-electron chi connectivity index (χ1n) is 8.02. The Kier molecular flexibility index (Phi) is 9.47. The third-order valence-corrected chi connectivity index (χ3v) is 4.53. The number of ketones is 1. The van der Waals surface area contributed by atoms with Gasteiger partial charge in [-0.05, 0) is 50.0 Å². The number of unbranched alkanes of at least 4 members (excludes halogenated alkanes) is 3. The van der Waals surface area contributed by atoms with E-state index in [1.54, 1.807) is 17.4 Å². The molecule has 0 aliphatic heterocycles. The monoisotopic (exact) mass is 322 g/mol. The van der Waals surface area contributed by atoms with Crippen molar-refractivity contribution in [3.63, 3.8) is 0 Å². The van der Waals surface area contributed by atoms with Gasteiger partial charge in [0.15, 0.2) is 5.78 Å². The van der Waals surface area contributed by atoms with Crippen molar-refractivity contribution in [2.75, 3.05) is 7.11 Å². The molecule has 0 saturated heterocycles. The minimum Gasteiger partial charge on any atom is -0.469 e. The van der Waals surface area contributed by atoms with Gasteiger partial charge in [0.25, 0.3) is 0 Å². The Bertz CT molecular complexity index is 488. The van der Waals surface area contributed by atoms with Gasteiger partial charge in [-0.25, -0.2) is 0 Å². The van der Waals surface area contributed by atoms with E-state index in [1.165, 1.54) is 12.0 Å². The van der Waals surface area contributed by atoms with Crippen molar-refractivity contribution in [2.24, 2.45) is 0 Å². The second-order valence-corrected chi connectivity index (χ2v) is 6.54. The van der Waals surface area contributed by atoms with E-state index in [1.807, 2.05) is 6.08 Å². The summed E-state index contributed by atoms with van der Waals surface area (Å²) in [6, 6.07) is 4.15. The molecule has 1 aromatic rings. The summed E-state index contributed by atoms with van der Waals surface area (Å²) in [6.45, 7) is 2.14. The highest BCUT2D eigenvalue weighted by atomic mass is 32.1. The van der Waals surface area contributed by atoms with Gasteiger partial charge >= 0.3 is 5.97 Å². The number of hydrogen-bond donors (Lipinski definition) is 0. The molecule has 0 aromatic carbocycles. The van der Waals surface area contributed by atoms with Crippen molar-refractivity contribution in [1.82, 2.24) is 0 Å². The topological polar surface area (TPSA) is 43.4 Å². The molecule has 1 aromatic heterocycles. The van der Waals surface area contributed by atoms with E-state index >= 15 is 0 Å². The molecule has 0 bridgehead atoms. The second kappa shape index (κ2) is 11.2. The van der Waals surface area contributed by atoms with Crippen LogP contribution in [-0.4, -0.2) is 18.9 Å². The number of methoxy groups -OCH3 is 1. The van der Waals surface area contributed by atoms with Crippen LogP contribution in [0.4, 0.5) is 0 Å². The minimum atomic E-state index is -0.142. The quantitative estimate of drug-likeness (QED) is 0.334. The average Bonchev–Trinajstić information content (AvgIpc) is 2.97. The Balaban J connectivity index is 2.28. The molecule has 0 aliphatic carbocycles. The van der Waals surface area contributed by atoms with Crippen molar-refractivity contribution in [2.45, 2.75) is 58.3 Å². The average molecular weight is 322 g/mol. The maximum Gasteiger partial charge on any atom is 0.305 e. The Morgan fingerprint density at radius 2 is 1.91 bits per heavy atom. The molecule has 1 heterocycles. The molecule has 1 rings (SSSR count). The lowest BCUT2D eigenvalue weighted by molar-refractivity contribution is -0.140. The number of carbonyl (C=O) groups is 2. The zero-order valence-corrected chi connectivity index (χ0v) is 14.4. The van der Waals surface area contributed by atoms with Crippen molar-refractivity contribution < 1.29 is 14.3 Å². The first kappa shape index (κ1) is 18.6. The lowest BCUT2D eigenvalue weighted by Crippen LogP contribution is -1.99. The van der Waals surface area contributed by atoms with Gasteiger partial charge in [-0.1, -0.05) is 19.8 Å². The highest BCUT2D eigenvalue weighted by molar-refractivity contribution is 7.12. The van der Waals surface area contributed by atoms with Crippen LogP contribution in [0.5, 0.6) is 0 Å². The van der Waals surface area contributed by atoms with Gasteiger partial charge in [0.05, 0.1) is 7.11 Å². The Morgan fingerprint density at radius 3 is 2.64 bits per heavy atom. The summed E-state index contributed by atoms with van der Waals surface area (Å²) in [5.74, 6) is 0.0675. The van der Waals surface area contributed by atoms with E-state index in [9.17, 15) is 9.59 Å². The summed E-state index contributed by atoms with van der Waals surface area (Å²) < 4.78 is 4.62. The second-order valence-electron chi connectivity index (χ2n) is 5.34. The van der Waals surface area contributed by atoms with Crippen molar-refractivity contribution in [3.8, 4) is 0 Å². The predicted octanol–water partition coefficient (Wildman–Crippen LogP) is 4.80. The van der Waals surface area contributed by atoms with Gasteiger partial charge in [-0.3, -0.25) is 9.59 Å². The molecule has 3 nitrogen and oxygen atoms in total. The van der Waals surface area contributed by atoms with Crippen LogP contribution in [-0.2, 0) is 20.7 Å². The van der Waals surface area contributed by atoms with Gasteiger partial charge in [0.2, 0.25) is 0 Å². The number of thiophene rings is 1. The van der Waals surface area contributed by atoms with E-state index in [0.29, 0.717) is 12.8 Å². The molecule has 0 unspecified atom stereocenters. The zero-order chi connectivity index (χ0) is 16.2. The van der Waals surface area contributed by atoms with Crippen molar-refractivity contribution >= 4 is 29.2 Å². The number of hydrogen-bond acceptors (Lipinski definition) is 4. The van der Waals surface area contributed by atoms with E-state index in [2.05, 4.69) is 23.8 Å². The summed E-state index contributed by atoms with van der Waals surface area (Å²) in [6.07, 6.45) is 10.8. The van der Waals surface area contributed by atoms with Crippen LogP contribution >= 0.6 is 11.3 Å². The number of ether oxygens (including phenoxy) is 1. The molecular weight excluding hydrogens is 296 g/mol.